The predicted octanol–water partition coefficient (Wildman–Crippen LogP) is 3.68. The number of allylic oxidation sites excluding steroid dienone is 1. The molecule has 0 fully saturated rings. The third-order valence-electron chi connectivity index (χ3n) is 3.45. The van der Waals surface area contributed by atoms with E-state index in [1.807, 2.05) is 0 Å². The van der Waals surface area contributed by atoms with Gasteiger partial charge in [0, 0.05) is 16.3 Å². The molecule has 0 saturated carbocycles. The Hall–Kier alpha value is -2.09. The van der Waals surface area contributed by atoms with E-state index in [1.54, 1.807) is 0 Å². The standard InChI is InChI=1S/C15H12N2/c1-3-7-13-10(5-1)9-12-11-6-2-4-8-14(11)17-15(12)16-13/h1-2,4-6,8-9H,3,7H2,(H,16,17). The van der Waals surface area contributed by atoms with Gasteiger partial charge in [-0.25, -0.2) is 4.98 Å². The lowest BCUT2D eigenvalue weighted by atomic mass is 10.0. The summed E-state index contributed by atoms with van der Waals surface area (Å²) < 4.78 is 0. The van der Waals surface area contributed by atoms with E-state index in [0.29, 0.717) is 0 Å². The van der Waals surface area contributed by atoms with Crippen LogP contribution in [0.15, 0.2) is 36.4 Å². The molecule has 82 valence electrons. The zero-order valence-corrected chi connectivity index (χ0v) is 9.40. The predicted molar refractivity (Wildman–Crippen MR) is 71.0 cm³/mol. The molecule has 0 spiro atoms. The maximum atomic E-state index is 4.75. The summed E-state index contributed by atoms with van der Waals surface area (Å²) in [7, 11) is 0. The van der Waals surface area contributed by atoms with E-state index in [1.165, 1.54) is 27.5 Å². The Kier molecular flexibility index (Phi) is 1.69. The zero-order chi connectivity index (χ0) is 11.2. The number of benzene rings is 1. The highest BCUT2D eigenvalue weighted by atomic mass is 14.9. The fourth-order valence-electron chi connectivity index (χ4n) is 2.60. The van der Waals surface area contributed by atoms with Crippen LogP contribution in [0.2, 0.25) is 0 Å². The molecule has 2 heteroatoms. The number of H-pyrrole nitrogens is 1. The van der Waals surface area contributed by atoms with Crippen molar-refractivity contribution in [1.82, 2.24) is 9.97 Å². The second-order valence-corrected chi connectivity index (χ2v) is 4.53. The fraction of sp³-hybridized carbons (Fsp3) is 0.133. The molecule has 2 nitrogen and oxygen atoms in total. The molecular formula is C15H12N2. The third-order valence-corrected chi connectivity index (χ3v) is 3.45. The van der Waals surface area contributed by atoms with Gasteiger partial charge in [-0.3, -0.25) is 0 Å². The Morgan fingerprint density at radius 1 is 1.12 bits per heavy atom. The van der Waals surface area contributed by atoms with Gasteiger partial charge in [0.15, 0.2) is 0 Å². The highest BCUT2D eigenvalue weighted by molar-refractivity contribution is 6.06. The maximum Gasteiger partial charge on any atom is 0.138 e. The fourth-order valence-corrected chi connectivity index (χ4v) is 2.60. The largest absolute Gasteiger partial charge is 0.339 e. The molecule has 4 rings (SSSR count). The van der Waals surface area contributed by atoms with E-state index < -0.39 is 0 Å². The molecule has 2 heterocycles. The summed E-state index contributed by atoms with van der Waals surface area (Å²) >= 11 is 0. The number of para-hydroxylation sites is 1. The van der Waals surface area contributed by atoms with Gasteiger partial charge in [-0.1, -0.05) is 30.4 Å². The first-order chi connectivity index (χ1) is 8.42. The Morgan fingerprint density at radius 3 is 3.06 bits per heavy atom. The summed E-state index contributed by atoms with van der Waals surface area (Å²) in [5, 5.41) is 2.49. The van der Waals surface area contributed by atoms with Gasteiger partial charge in [0.05, 0.1) is 5.69 Å². The Balaban J connectivity index is 2.16. The third kappa shape index (κ3) is 1.24. The Morgan fingerprint density at radius 2 is 2.06 bits per heavy atom. The molecule has 0 atom stereocenters. The Labute approximate surface area is 99.0 Å². The summed E-state index contributed by atoms with van der Waals surface area (Å²) in [5.41, 5.74) is 4.67. The normalized spacial score (nSPS) is 14.4. The number of nitrogens with zero attached hydrogens (tertiary/aromatic N) is 1. The first kappa shape index (κ1) is 8.99. The number of aromatic amines is 1. The molecule has 1 aromatic carbocycles. The van der Waals surface area contributed by atoms with Gasteiger partial charge in [-0.15, -0.1) is 0 Å². The van der Waals surface area contributed by atoms with Crippen molar-refractivity contribution in [2.24, 2.45) is 0 Å². The molecule has 1 aliphatic rings. The van der Waals surface area contributed by atoms with Crippen molar-refractivity contribution in [2.75, 3.05) is 0 Å². The molecule has 1 aliphatic carbocycles. The molecule has 3 aromatic rings. The van der Waals surface area contributed by atoms with Crippen LogP contribution in [0, 0.1) is 0 Å². The number of aromatic nitrogens is 2. The molecule has 0 aliphatic heterocycles. The summed E-state index contributed by atoms with van der Waals surface area (Å²) in [5.74, 6) is 0. The van der Waals surface area contributed by atoms with Crippen LogP contribution < -0.4 is 0 Å². The quantitative estimate of drug-likeness (QED) is 0.615. The lowest BCUT2D eigenvalue weighted by Gasteiger charge is -2.08. The van der Waals surface area contributed by atoms with Crippen molar-refractivity contribution in [2.45, 2.75) is 12.8 Å². The summed E-state index contributed by atoms with van der Waals surface area (Å²) in [6, 6.07) is 10.6. The molecule has 0 unspecified atom stereocenters. The second kappa shape index (κ2) is 3.20. The van der Waals surface area contributed by atoms with Gasteiger partial charge in [0.25, 0.3) is 0 Å². The minimum absolute atomic E-state index is 1.01. The second-order valence-electron chi connectivity index (χ2n) is 4.53. The average molecular weight is 220 g/mol. The van der Waals surface area contributed by atoms with Crippen LogP contribution in [0.25, 0.3) is 28.0 Å². The van der Waals surface area contributed by atoms with Gasteiger partial charge in [0.1, 0.15) is 5.65 Å². The number of nitrogens with one attached hydrogen (secondary N) is 1. The number of pyridine rings is 1. The van der Waals surface area contributed by atoms with E-state index in [0.717, 1.165) is 18.5 Å². The van der Waals surface area contributed by atoms with Gasteiger partial charge in [-0.05, 0) is 30.5 Å². The summed E-state index contributed by atoms with van der Waals surface area (Å²) in [6.07, 6.45) is 6.57. The maximum absolute atomic E-state index is 4.75. The molecule has 1 N–H and O–H groups in total. The van der Waals surface area contributed by atoms with Crippen molar-refractivity contribution in [1.29, 1.82) is 0 Å². The van der Waals surface area contributed by atoms with E-state index >= 15 is 0 Å². The number of aryl methyl sites for hydroxylation is 1. The topological polar surface area (TPSA) is 28.7 Å². The zero-order valence-electron chi connectivity index (χ0n) is 9.40. The van der Waals surface area contributed by atoms with E-state index in [2.05, 4.69) is 47.5 Å². The Bertz CT molecular complexity index is 750. The highest BCUT2D eigenvalue weighted by Gasteiger charge is 2.11. The SMILES string of the molecule is C1=Cc2cc3c(nc2CC1)[nH]c1ccccc13. The van der Waals surface area contributed by atoms with Crippen molar-refractivity contribution >= 4 is 28.0 Å². The van der Waals surface area contributed by atoms with Crippen LogP contribution >= 0.6 is 0 Å². The minimum atomic E-state index is 1.01. The molecule has 0 amide bonds. The molecule has 2 aromatic heterocycles. The van der Waals surface area contributed by atoms with Gasteiger partial charge < -0.3 is 4.98 Å². The van der Waals surface area contributed by atoms with Crippen LogP contribution in [-0.2, 0) is 6.42 Å². The van der Waals surface area contributed by atoms with E-state index in [9.17, 15) is 0 Å². The van der Waals surface area contributed by atoms with Crippen LogP contribution in [0.5, 0.6) is 0 Å². The molecular weight excluding hydrogens is 208 g/mol. The first-order valence-corrected chi connectivity index (χ1v) is 5.99. The van der Waals surface area contributed by atoms with E-state index in [4.69, 9.17) is 4.98 Å². The van der Waals surface area contributed by atoms with Crippen molar-refractivity contribution < 1.29 is 0 Å². The lowest BCUT2D eigenvalue weighted by molar-refractivity contribution is 0.936. The van der Waals surface area contributed by atoms with Crippen LogP contribution in [0.1, 0.15) is 17.7 Å². The number of rotatable bonds is 0. The van der Waals surface area contributed by atoms with Crippen LogP contribution in [-0.4, -0.2) is 9.97 Å². The average Bonchev–Trinajstić information content (AvgIpc) is 2.73. The van der Waals surface area contributed by atoms with E-state index in [-0.39, 0.29) is 0 Å². The van der Waals surface area contributed by atoms with Gasteiger partial charge in [-0.2, -0.15) is 0 Å². The number of fused-ring (bicyclic) bond motifs is 4. The highest BCUT2D eigenvalue weighted by Crippen LogP contribution is 2.28. The summed E-state index contributed by atoms with van der Waals surface area (Å²) in [4.78, 5) is 8.14. The van der Waals surface area contributed by atoms with Crippen LogP contribution in [0.3, 0.4) is 0 Å². The molecule has 0 radical (unpaired) electrons. The summed E-state index contributed by atoms with van der Waals surface area (Å²) in [6.45, 7) is 0. The molecule has 0 saturated heterocycles. The first-order valence-electron chi connectivity index (χ1n) is 5.99. The smallest absolute Gasteiger partial charge is 0.138 e. The van der Waals surface area contributed by atoms with Gasteiger partial charge in [0.2, 0.25) is 0 Å². The molecule has 0 bridgehead atoms. The minimum Gasteiger partial charge on any atom is -0.339 e. The van der Waals surface area contributed by atoms with Crippen molar-refractivity contribution in [3.63, 3.8) is 0 Å². The molecule has 17 heavy (non-hydrogen) atoms. The van der Waals surface area contributed by atoms with Gasteiger partial charge >= 0.3 is 0 Å². The number of hydrogen-bond acceptors (Lipinski definition) is 1. The lowest BCUT2D eigenvalue weighted by Crippen LogP contribution is -1.97. The number of hydrogen-bond donors (Lipinski definition) is 1. The van der Waals surface area contributed by atoms with Crippen LogP contribution in [0.4, 0.5) is 0 Å². The van der Waals surface area contributed by atoms with Crippen molar-refractivity contribution in [3.8, 4) is 0 Å². The van der Waals surface area contributed by atoms with Crippen molar-refractivity contribution in [3.05, 3.63) is 47.7 Å². The monoisotopic (exact) mass is 220 g/mol.